The molecule has 2 aromatic rings. The molecule has 1 N–H and O–H groups in total. The summed E-state index contributed by atoms with van der Waals surface area (Å²) in [5, 5.41) is 4.86. The van der Waals surface area contributed by atoms with Crippen molar-refractivity contribution in [3.63, 3.8) is 0 Å². The normalized spacial score (nSPS) is 17.4. The Hall–Kier alpha value is -0.780. The summed E-state index contributed by atoms with van der Waals surface area (Å²) in [4.78, 5) is 2.55. The smallest absolute Gasteiger partial charge is 0.124 e. The molecule has 3 rings (SSSR count). The summed E-state index contributed by atoms with van der Waals surface area (Å²) in [5.41, 5.74) is 2.06. The summed E-state index contributed by atoms with van der Waals surface area (Å²) in [6.07, 6.45) is 2.57. The minimum absolute atomic E-state index is 0.414. The maximum Gasteiger partial charge on any atom is 0.124 e. The highest BCUT2D eigenvalue weighted by Gasteiger charge is 2.22. The van der Waals surface area contributed by atoms with Crippen LogP contribution < -0.4 is 10.1 Å². The molecule has 146 valence electrons. The largest absolute Gasteiger partial charge is 0.489 e. The highest BCUT2D eigenvalue weighted by Crippen LogP contribution is 2.27. The first kappa shape index (κ1) is 20.9. The lowest BCUT2D eigenvalue weighted by Gasteiger charge is -2.23. The second-order valence-electron chi connectivity index (χ2n) is 6.83. The van der Waals surface area contributed by atoms with E-state index in [2.05, 4.69) is 39.1 Å². The first-order valence-corrected chi connectivity index (χ1v) is 10.9. The van der Waals surface area contributed by atoms with E-state index in [-0.39, 0.29) is 0 Å². The number of likely N-dealkylation sites (tertiary alicyclic amines) is 1. The van der Waals surface area contributed by atoms with Gasteiger partial charge in [-0.25, -0.2) is 0 Å². The summed E-state index contributed by atoms with van der Waals surface area (Å²) in [6, 6.07) is 12.2. The molecule has 1 aliphatic rings. The molecule has 1 heterocycles. The average molecular weight is 472 g/mol. The van der Waals surface area contributed by atoms with Crippen LogP contribution in [0.2, 0.25) is 10.0 Å². The predicted octanol–water partition coefficient (Wildman–Crippen LogP) is 5.91. The fraction of sp³-hybridized carbons (Fsp3) is 0.429. The molecule has 0 amide bonds. The molecular formula is C21H25BrCl2N2O. The van der Waals surface area contributed by atoms with E-state index in [1.807, 2.05) is 24.3 Å². The van der Waals surface area contributed by atoms with Gasteiger partial charge in [0.1, 0.15) is 12.4 Å². The van der Waals surface area contributed by atoms with Gasteiger partial charge in [0.05, 0.1) is 0 Å². The Morgan fingerprint density at radius 2 is 2.04 bits per heavy atom. The number of nitrogens with one attached hydrogen (secondary N) is 1. The topological polar surface area (TPSA) is 24.5 Å². The minimum atomic E-state index is 0.414. The number of hydrogen-bond donors (Lipinski definition) is 1. The van der Waals surface area contributed by atoms with Crippen molar-refractivity contribution >= 4 is 39.1 Å². The average Bonchev–Trinajstić information content (AvgIpc) is 3.10. The van der Waals surface area contributed by atoms with E-state index >= 15 is 0 Å². The lowest BCUT2D eigenvalue weighted by Crippen LogP contribution is -2.37. The minimum Gasteiger partial charge on any atom is -0.489 e. The van der Waals surface area contributed by atoms with Gasteiger partial charge >= 0.3 is 0 Å². The van der Waals surface area contributed by atoms with Crippen molar-refractivity contribution in [2.45, 2.75) is 39.0 Å². The van der Waals surface area contributed by atoms with Crippen LogP contribution in [-0.2, 0) is 13.2 Å². The molecule has 2 aromatic carbocycles. The van der Waals surface area contributed by atoms with Gasteiger partial charge < -0.3 is 10.1 Å². The number of nitrogens with zero attached hydrogens (tertiary/aromatic N) is 1. The van der Waals surface area contributed by atoms with Crippen LogP contribution in [0, 0.1) is 0 Å². The Kier molecular flexibility index (Phi) is 7.86. The second-order valence-corrected chi connectivity index (χ2v) is 8.59. The van der Waals surface area contributed by atoms with Crippen molar-refractivity contribution in [3.05, 3.63) is 62.0 Å². The van der Waals surface area contributed by atoms with Gasteiger partial charge in [-0.3, -0.25) is 4.90 Å². The highest BCUT2D eigenvalue weighted by atomic mass is 79.9. The van der Waals surface area contributed by atoms with E-state index in [4.69, 9.17) is 27.9 Å². The molecule has 1 aliphatic heterocycles. The van der Waals surface area contributed by atoms with Crippen LogP contribution >= 0.6 is 39.1 Å². The molecule has 1 fully saturated rings. The highest BCUT2D eigenvalue weighted by molar-refractivity contribution is 9.10. The van der Waals surface area contributed by atoms with E-state index in [0.29, 0.717) is 22.7 Å². The van der Waals surface area contributed by atoms with Crippen molar-refractivity contribution in [2.75, 3.05) is 19.6 Å². The maximum atomic E-state index is 6.26. The lowest BCUT2D eigenvalue weighted by atomic mass is 10.1. The van der Waals surface area contributed by atoms with Gasteiger partial charge in [-0.1, -0.05) is 52.1 Å². The third kappa shape index (κ3) is 5.85. The fourth-order valence-electron chi connectivity index (χ4n) is 3.54. The summed E-state index contributed by atoms with van der Waals surface area (Å²) in [6.45, 7) is 6.77. The van der Waals surface area contributed by atoms with Crippen LogP contribution in [0.1, 0.15) is 30.9 Å². The standard InChI is InChI=1S/C21H25BrCl2N2O/c1-2-26-9-3-4-19(26)13-25-12-16-10-17(22)6-8-21(16)27-14-15-5-7-18(23)11-20(15)24/h5-8,10-11,19,25H,2-4,9,12-14H2,1H3. The number of likely N-dealkylation sites (N-methyl/N-ethyl adjacent to an activating group) is 1. The van der Waals surface area contributed by atoms with Gasteiger partial charge in [0.15, 0.2) is 0 Å². The van der Waals surface area contributed by atoms with E-state index in [1.165, 1.54) is 19.4 Å². The van der Waals surface area contributed by atoms with E-state index < -0.39 is 0 Å². The van der Waals surface area contributed by atoms with Crippen molar-refractivity contribution in [1.82, 2.24) is 10.2 Å². The van der Waals surface area contributed by atoms with E-state index in [9.17, 15) is 0 Å². The van der Waals surface area contributed by atoms with Crippen LogP contribution in [0.4, 0.5) is 0 Å². The second kappa shape index (κ2) is 10.1. The quantitative estimate of drug-likeness (QED) is 0.517. The molecule has 0 aromatic heterocycles. The van der Waals surface area contributed by atoms with E-state index in [0.717, 1.165) is 41.0 Å². The summed E-state index contributed by atoms with van der Waals surface area (Å²) in [5.74, 6) is 0.871. The number of hydrogen-bond acceptors (Lipinski definition) is 3. The van der Waals surface area contributed by atoms with Gasteiger partial charge in [-0.2, -0.15) is 0 Å². The molecular weight excluding hydrogens is 447 g/mol. The third-order valence-corrected chi connectivity index (χ3v) is 6.10. The number of ether oxygens (including phenoxy) is 1. The predicted molar refractivity (Wildman–Crippen MR) is 117 cm³/mol. The molecule has 0 aliphatic carbocycles. The fourth-order valence-corrected chi connectivity index (χ4v) is 4.41. The zero-order valence-corrected chi connectivity index (χ0v) is 18.6. The Morgan fingerprint density at radius 3 is 2.81 bits per heavy atom. The zero-order chi connectivity index (χ0) is 19.2. The number of halogens is 3. The Bertz CT molecular complexity index is 772. The summed E-state index contributed by atoms with van der Waals surface area (Å²) < 4.78 is 7.11. The SMILES string of the molecule is CCN1CCCC1CNCc1cc(Br)ccc1OCc1ccc(Cl)cc1Cl. The molecule has 3 nitrogen and oxygen atoms in total. The third-order valence-electron chi connectivity index (χ3n) is 5.02. The van der Waals surface area contributed by atoms with Crippen LogP contribution in [0.25, 0.3) is 0 Å². The summed E-state index contributed by atoms with van der Waals surface area (Å²) >= 11 is 15.8. The molecule has 6 heteroatoms. The molecule has 1 unspecified atom stereocenters. The Morgan fingerprint density at radius 1 is 1.19 bits per heavy atom. The Labute approximate surface area is 180 Å². The van der Waals surface area contributed by atoms with Gasteiger partial charge in [0.2, 0.25) is 0 Å². The molecule has 0 radical (unpaired) electrons. The summed E-state index contributed by atoms with van der Waals surface area (Å²) in [7, 11) is 0. The van der Waals surface area contributed by atoms with E-state index in [1.54, 1.807) is 6.07 Å². The van der Waals surface area contributed by atoms with Crippen molar-refractivity contribution in [3.8, 4) is 5.75 Å². The monoisotopic (exact) mass is 470 g/mol. The molecule has 1 atom stereocenters. The van der Waals surface area contributed by atoms with Crippen LogP contribution in [0.15, 0.2) is 40.9 Å². The van der Waals surface area contributed by atoms with Gasteiger partial charge in [-0.05, 0) is 56.3 Å². The maximum absolute atomic E-state index is 6.26. The molecule has 0 bridgehead atoms. The first-order chi connectivity index (χ1) is 13.1. The molecule has 27 heavy (non-hydrogen) atoms. The van der Waals surface area contributed by atoms with Gasteiger partial charge in [0.25, 0.3) is 0 Å². The van der Waals surface area contributed by atoms with Crippen molar-refractivity contribution < 1.29 is 4.74 Å². The van der Waals surface area contributed by atoms with Crippen molar-refractivity contribution in [1.29, 1.82) is 0 Å². The first-order valence-electron chi connectivity index (χ1n) is 9.36. The zero-order valence-electron chi connectivity index (χ0n) is 15.5. The van der Waals surface area contributed by atoms with Gasteiger partial charge in [0, 0.05) is 44.8 Å². The number of rotatable bonds is 8. The lowest BCUT2D eigenvalue weighted by molar-refractivity contribution is 0.259. The van der Waals surface area contributed by atoms with Crippen LogP contribution in [-0.4, -0.2) is 30.6 Å². The van der Waals surface area contributed by atoms with Crippen molar-refractivity contribution in [2.24, 2.45) is 0 Å². The Balaban J connectivity index is 1.60. The molecule has 1 saturated heterocycles. The molecule has 0 saturated carbocycles. The molecule has 0 spiro atoms. The van der Waals surface area contributed by atoms with Crippen LogP contribution in [0.3, 0.4) is 0 Å². The van der Waals surface area contributed by atoms with Crippen LogP contribution in [0.5, 0.6) is 5.75 Å². The van der Waals surface area contributed by atoms with Gasteiger partial charge in [-0.15, -0.1) is 0 Å². The number of benzene rings is 2.